The molecule has 1 amide bonds. The molecular weight excluding hydrogens is 404 g/mol. The summed E-state index contributed by atoms with van der Waals surface area (Å²) in [4.78, 5) is 26.1. The smallest absolute Gasteiger partial charge is 0.305 e. The summed E-state index contributed by atoms with van der Waals surface area (Å²) in [7, 11) is 3.40. The van der Waals surface area contributed by atoms with Gasteiger partial charge in [0, 0.05) is 43.5 Å². The number of hydrogen-bond acceptors (Lipinski definition) is 5. The summed E-state index contributed by atoms with van der Waals surface area (Å²) in [5.74, 6) is -0.341. The third-order valence-corrected chi connectivity index (χ3v) is 5.55. The van der Waals surface area contributed by atoms with Gasteiger partial charge in [0.1, 0.15) is 0 Å². The van der Waals surface area contributed by atoms with Crippen LogP contribution in [0.5, 0.6) is 0 Å². The summed E-state index contributed by atoms with van der Waals surface area (Å²) in [5.41, 5.74) is 5.49. The van der Waals surface area contributed by atoms with Gasteiger partial charge in [-0.2, -0.15) is 5.10 Å². The van der Waals surface area contributed by atoms with Crippen LogP contribution in [0.3, 0.4) is 0 Å². The molecule has 0 fully saturated rings. The highest BCUT2D eigenvalue weighted by molar-refractivity contribution is 5.94. The van der Waals surface area contributed by atoms with Crippen molar-refractivity contribution in [2.45, 2.75) is 26.7 Å². The van der Waals surface area contributed by atoms with Gasteiger partial charge in [0.2, 0.25) is 0 Å². The van der Waals surface area contributed by atoms with Crippen LogP contribution in [0.25, 0.3) is 5.69 Å². The van der Waals surface area contributed by atoms with Crippen LogP contribution in [0, 0.1) is 13.8 Å². The zero-order valence-corrected chi connectivity index (χ0v) is 19.1. The summed E-state index contributed by atoms with van der Waals surface area (Å²) in [5, 5.41) is 7.58. The number of hydrogen-bond donors (Lipinski definition) is 1. The maximum absolute atomic E-state index is 12.5. The number of benzene rings is 2. The van der Waals surface area contributed by atoms with Crippen molar-refractivity contribution in [1.29, 1.82) is 0 Å². The Balaban J connectivity index is 1.60. The van der Waals surface area contributed by atoms with Gasteiger partial charge in [-0.3, -0.25) is 9.59 Å². The van der Waals surface area contributed by atoms with E-state index in [4.69, 9.17) is 4.74 Å². The molecule has 7 nitrogen and oxygen atoms in total. The normalized spacial score (nSPS) is 10.6. The molecule has 0 aliphatic heterocycles. The minimum Gasteiger partial charge on any atom is -0.469 e. The van der Waals surface area contributed by atoms with Gasteiger partial charge in [0.05, 0.1) is 18.5 Å². The Morgan fingerprint density at radius 1 is 1.06 bits per heavy atom. The molecule has 0 bridgehead atoms. The number of esters is 1. The number of para-hydroxylation sites is 1. The number of nitrogens with one attached hydrogen (secondary N) is 1. The highest BCUT2D eigenvalue weighted by Gasteiger charge is 2.15. The number of carbonyl (C=O) groups excluding carboxylic acids is 2. The zero-order valence-electron chi connectivity index (χ0n) is 19.1. The minimum atomic E-state index is -0.234. The minimum absolute atomic E-state index is 0.106. The Morgan fingerprint density at radius 2 is 1.75 bits per heavy atom. The van der Waals surface area contributed by atoms with Gasteiger partial charge >= 0.3 is 5.97 Å². The quantitative estimate of drug-likeness (QED) is 0.522. The van der Waals surface area contributed by atoms with Crippen LogP contribution in [-0.2, 0) is 16.0 Å². The molecule has 1 heterocycles. The molecule has 0 spiro atoms. The van der Waals surface area contributed by atoms with E-state index in [1.807, 2.05) is 68.0 Å². The van der Waals surface area contributed by atoms with Gasteiger partial charge < -0.3 is 15.0 Å². The molecule has 0 aliphatic carbocycles. The lowest BCUT2D eigenvalue weighted by molar-refractivity contribution is -0.140. The van der Waals surface area contributed by atoms with Crippen molar-refractivity contribution in [3.63, 3.8) is 0 Å². The molecule has 168 valence electrons. The largest absolute Gasteiger partial charge is 0.469 e. The molecule has 2 aromatic carbocycles. The molecule has 1 aromatic heterocycles. The molecule has 3 aromatic rings. The van der Waals surface area contributed by atoms with E-state index in [1.54, 1.807) is 12.1 Å². The maximum atomic E-state index is 12.5. The average molecular weight is 435 g/mol. The number of ether oxygens (including phenoxy) is 1. The Bertz CT molecular complexity index is 1060. The van der Waals surface area contributed by atoms with Crippen molar-refractivity contribution in [2.75, 3.05) is 32.1 Å². The highest BCUT2D eigenvalue weighted by atomic mass is 16.5. The van der Waals surface area contributed by atoms with E-state index in [9.17, 15) is 9.59 Å². The van der Waals surface area contributed by atoms with Crippen molar-refractivity contribution in [2.24, 2.45) is 0 Å². The number of nitrogens with zero attached hydrogens (tertiary/aromatic N) is 3. The molecule has 3 rings (SSSR count). The monoisotopic (exact) mass is 434 g/mol. The lowest BCUT2D eigenvalue weighted by atomic mass is 10.1. The van der Waals surface area contributed by atoms with Gasteiger partial charge in [-0.15, -0.1) is 0 Å². The van der Waals surface area contributed by atoms with E-state index in [0.717, 1.165) is 28.3 Å². The molecule has 0 aliphatic rings. The summed E-state index contributed by atoms with van der Waals surface area (Å²) in [6.07, 6.45) is 0.907. The van der Waals surface area contributed by atoms with Gasteiger partial charge in [-0.1, -0.05) is 18.2 Å². The fraction of sp³-hybridized carbons (Fsp3) is 0.320. The van der Waals surface area contributed by atoms with Crippen molar-refractivity contribution in [3.05, 3.63) is 77.1 Å². The second-order valence-electron chi connectivity index (χ2n) is 7.70. The number of carbonyl (C=O) groups is 2. The van der Waals surface area contributed by atoms with Crippen molar-refractivity contribution < 1.29 is 14.3 Å². The van der Waals surface area contributed by atoms with E-state index in [-0.39, 0.29) is 11.9 Å². The lowest BCUT2D eigenvalue weighted by Gasteiger charge is -2.19. The standard InChI is InChI=1S/C25H30N4O3/c1-18-23(14-15-24(30)32-4)19(2)29(27-18)22-12-10-20(11-13-22)25(31)26-16-17-28(3)21-8-6-5-7-9-21/h5-13H,14-17H2,1-4H3,(H,26,31). The van der Waals surface area contributed by atoms with Crippen molar-refractivity contribution in [3.8, 4) is 5.69 Å². The van der Waals surface area contributed by atoms with Gasteiger partial charge in [0.15, 0.2) is 0 Å². The van der Waals surface area contributed by atoms with Gasteiger partial charge in [-0.05, 0) is 62.2 Å². The second-order valence-corrected chi connectivity index (χ2v) is 7.70. The van der Waals surface area contributed by atoms with Gasteiger partial charge in [0.25, 0.3) is 5.91 Å². The predicted octanol–water partition coefficient (Wildman–Crippen LogP) is 3.46. The zero-order chi connectivity index (χ0) is 23.1. The van der Waals surface area contributed by atoms with Crippen LogP contribution in [0.15, 0.2) is 54.6 Å². The molecular formula is C25H30N4O3. The molecule has 7 heteroatoms. The summed E-state index contributed by atoms with van der Waals surface area (Å²) in [6.45, 7) is 5.18. The van der Waals surface area contributed by atoms with Crippen LogP contribution in [-0.4, -0.2) is 48.9 Å². The Labute approximate surface area is 189 Å². The van der Waals surface area contributed by atoms with E-state index in [2.05, 4.69) is 15.3 Å². The van der Waals surface area contributed by atoms with E-state index < -0.39 is 0 Å². The first-order valence-corrected chi connectivity index (χ1v) is 10.7. The first kappa shape index (κ1) is 23.1. The SMILES string of the molecule is COC(=O)CCc1c(C)nn(-c2ccc(C(=O)NCCN(C)c3ccccc3)cc2)c1C. The molecule has 0 radical (unpaired) electrons. The first-order chi connectivity index (χ1) is 15.4. The molecule has 1 N–H and O–H groups in total. The fourth-order valence-corrected chi connectivity index (χ4v) is 3.62. The van der Waals surface area contributed by atoms with Crippen molar-refractivity contribution in [1.82, 2.24) is 15.1 Å². The Morgan fingerprint density at radius 3 is 2.41 bits per heavy atom. The Hall–Kier alpha value is -3.61. The number of anilines is 1. The fourth-order valence-electron chi connectivity index (χ4n) is 3.62. The molecule has 0 atom stereocenters. The molecule has 0 saturated carbocycles. The lowest BCUT2D eigenvalue weighted by Crippen LogP contribution is -2.32. The van der Waals surface area contributed by atoms with Gasteiger partial charge in [-0.25, -0.2) is 4.68 Å². The second kappa shape index (κ2) is 10.6. The number of methoxy groups -OCH3 is 1. The third kappa shape index (κ3) is 5.55. The molecule has 0 unspecified atom stereocenters. The number of rotatable bonds is 9. The maximum Gasteiger partial charge on any atom is 0.305 e. The van der Waals surface area contributed by atoms with Crippen LogP contribution in [0.1, 0.15) is 33.7 Å². The summed E-state index contributed by atoms with van der Waals surface area (Å²) >= 11 is 0. The van der Waals surface area contributed by atoms with Crippen LogP contribution in [0.4, 0.5) is 5.69 Å². The Kier molecular flexibility index (Phi) is 7.65. The third-order valence-electron chi connectivity index (χ3n) is 5.55. The van der Waals surface area contributed by atoms with Crippen molar-refractivity contribution >= 4 is 17.6 Å². The van der Waals surface area contributed by atoms with Crippen LogP contribution < -0.4 is 10.2 Å². The highest BCUT2D eigenvalue weighted by Crippen LogP contribution is 2.20. The molecule has 0 saturated heterocycles. The topological polar surface area (TPSA) is 76.5 Å². The first-order valence-electron chi connectivity index (χ1n) is 10.7. The van der Waals surface area contributed by atoms with E-state index in [0.29, 0.717) is 31.5 Å². The number of amides is 1. The molecule has 32 heavy (non-hydrogen) atoms. The van der Waals surface area contributed by atoms with E-state index in [1.165, 1.54) is 7.11 Å². The number of aromatic nitrogens is 2. The number of likely N-dealkylation sites (N-methyl/N-ethyl adjacent to an activating group) is 1. The van der Waals surface area contributed by atoms with Crippen LogP contribution >= 0.6 is 0 Å². The summed E-state index contributed by atoms with van der Waals surface area (Å²) < 4.78 is 6.58. The van der Waals surface area contributed by atoms with E-state index >= 15 is 0 Å². The summed E-state index contributed by atoms with van der Waals surface area (Å²) in [6, 6.07) is 17.4. The van der Waals surface area contributed by atoms with Crippen LogP contribution in [0.2, 0.25) is 0 Å². The average Bonchev–Trinajstić information content (AvgIpc) is 3.11. The predicted molar refractivity (Wildman–Crippen MR) is 125 cm³/mol. The number of aryl methyl sites for hydroxylation is 1.